The highest BCUT2D eigenvalue weighted by Crippen LogP contribution is 2.33. The fourth-order valence-electron chi connectivity index (χ4n) is 3.04. The van der Waals surface area contributed by atoms with Gasteiger partial charge in [0.1, 0.15) is 5.60 Å². The molecular weight excluding hydrogens is 296 g/mol. The average Bonchev–Trinajstić information content (AvgIpc) is 2.30. The minimum absolute atomic E-state index is 0.0261. The van der Waals surface area contributed by atoms with Crippen molar-refractivity contribution in [3.8, 4) is 0 Å². The van der Waals surface area contributed by atoms with Crippen LogP contribution in [0.25, 0.3) is 0 Å². The van der Waals surface area contributed by atoms with E-state index < -0.39 is 17.2 Å². The van der Waals surface area contributed by atoms with Gasteiger partial charge in [0.2, 0.25) is 0 Å². The maximum Gasteiger partial charge on any atom is 0.408 e. The van der Waals surface area contributed by atoms with Gasteiger partial charge in [-0.25, -0.2) is 4.79 Å². The molecule has 23 heavy (non-hydrogen) atoms. The maximum atomic E-state index is 11.9. The minimum atomic E-state index is -0.623. The Bertz CT molecular complexity index is 392. The van der Waals surface area contributed by atoms with Crippen molar-refractivity contribution in [2.24, 2.45) is 5.41 Å². The van der Waals surface area contributed by atoms with Crippen molar-refractivity contribution in [2.45, 2.75) is 84.0 Å². The van der Waals surface area contributed by atoms with Crippen LogP contribution in [0.15, 0.2) is 0 Å². The smallest absolute Gasteiger partial charge is 0.408 e. The molecule has 0 aromatic rings. The van der Waals surface area contributed by atoms with Gasteiger partial charge in [0.05, 0.1) is 18.8 Å². The van der Waals surface area contributed by atoms with E-state index in [1.165, 1.54) is 0 Å². The van der Waals surface area contributed by atoms with Crippen molar-refractivity contribution in [3.05, 3.63) is 0 Å². The summed E-state index contributed by atoms with van der Waals surface area (Å²) >= 11 is 0. The molecular formula is C17H34N2O4. The zero-order chi connectivity index (χ0) is 17.9. The molecule has 1 aliphatic carbocycles. The molecule has 1 fully saturated rings. The molecule has 1 amide bonds. The third-order valence-corrected chi connectivity index (χ3v) is 3.89. The van der Waals surface area contributed by atoms with E-state index in [4.69, 9.17) is 4.74 Å². The first-order valence-corrected chi connectivity index (χ1v) is 8.37. The Morgan fingerprint density at radius 2 is 1.78 bits per heavy atom. The molecule has 0 radical (unpaired) electrons. The van der Waals surface area contributed by atoms with Crippen molar-refractivity contribution in [2.75, 3.05) is 13.2 Å². The maximum absolute atomic E-state index is 11.9. The summed E-state index contributed by atoms with van der Waals surface area (Å²) in [5, 5.41) is 25.4. The van der Waals surface area contributed by atoms with Crippen LogP contribution in [-0.2, 0) is 4.74 Å². The molecule has 0 unspecified atom stereocenters. The van der Waals surface area contributed by atoms with E-state index in [0.717, 1.165) is 6.42 Å². The molecule has 0 aromatic carbocycles. The number of rotatable bonds is 6. The summed E-state index contributed by atoms with van der Waals surface area (Å²) in [6.07, 6.45) is 1.62. The van der Waals surface area contributed by atoms with E-state index in [9.17, 15) is 15.0 Å². The van der Waals surface area contributed by atoms with E-state index in [1.807, 2.05) is 20.8 Å². The zero-order valence-electron chi connectivity index (χ0n) is 15.4. The normalized spacial score (nSPS) is 26.3. The summed E-state index contributed by atoms with van der Waals surface area (Å²) in [5.74, 6) is 0. The molecule has 0 heterocycles. The van der Waals surface area contributed by atoms with Gasteiger partial charge in [0.25, 0.3) is 0 Å². The van der Waals surface area contributed by atoms with Crippen LogP contribution >= 0.6 is 0 Å². The number of hydrogen-bond acceptors (Lipinski definition) is 5. The fourth-order valence-corrected chi connectivity index (χ4v) is 3.04. The molecule has 0 aliphatic heterocycles. The lowest BCUT2D eigenvalue weighted by molar-refractivity contribution is 0.0134. The van der Waals surface area contributed by atoms with Gasteiger partial charge in [-0.1, -0.05) is 20.8 Å². The predicted molar refractivity (Wildman–Crippen MR) is 90.3 cm³/mol. The molecule has 1 saturated carbocycles. The number of ether oxygens (including phenoxy) is 1. The van der Waals surface area contributed by atoms with Gasteiger partial charge in [-0.3, -0.25) is 0 Å². The minimum Gasteiger partial charge on any atom is -0.444 e. The number of aliphatic hydroxyl groups is 2. The van der Waals surface area contributed by atoms with Crippen molar-refractivity contribution >= 4 is 6.09 Å². The lowest BCUT2D eigenvalue weighted by Crippen LogP contribution is -2.66. The van der Waals surface area contributed by atoms with E-state index in [1.54, 1.807) is 0 Å². The number of aliphatic hydroxyl groups excluding tert-OH is 2. The van der Waals surface area contributed by atoms with Crippen molar-refractivity contribution in [1.29, 1.82) is 0 Å². The molecule has 0 aromatic heterocycles. The highest BCUT2D eigenvalue weighted by atomic mass is 16.6. The van der Waals surface area contributed by atoms with Crippen LogP contribution in [0.2, 0.25) is 0 Å². The van der Waals surface area contributed by atoms with Gasteiger partial charge in [-0.2, -0.15) is 0 Å². The van der Waals surface area contributed by atoms with Gasteiger partial charge < -0.3 is 25.6 Å². The second kappa shape index (κ2) is 7.36. The van der Waals surface area contributed by atoms with Crippen LogP contribution in [0.5, 0.6) is 0 Å². The Labute approximate surface area is 140 Å². The summed E-state index contributed by atoms with van der Waals surface area (Å²) in [5.41, 5.74) is -1.05. The monoisotopic (exact) mass is 330 g/mol. The number of nitrogens with one attached hydrogen (secondary N) is 2. The van der Waals surface area contributed by atoms with Gasteiger partial charge in [0.15, 0.2) is 0 Å². The number of alkyl carbamates (subject to hydrolysis) is 1. The average molecular weight is 330 g/mol. The molecule has 136 valence electrons. The second-order valence-corrected chi connectivity index (χ2v) is 8.98. The molecule has 0 saturated heterocycles. The fraction of sp³-hybridized carbons (Fsp3) is 0.941. The summed E-state index contributed by atoms with van der Waals surface area (Å²) in [6, 6.07) is 0.204. The predicted octanol–water partition coefficient (Wildman–Crippen LogP) is 1.79. The second-order valence-electron chi connectivity index (χ2n) is 8.98. The summed E-state index contributed by atoms with van der Waals surface area (Å²) in [7, 11) is 0. The van der Waals surface area contributed by atoms with Crippen molar-refractivity contribution < 1.29 is 19.7 Å². The van der Waals surface area contributed by atoms with Crippen LogP contribution in [-0.4, -0.2) is 52.7 Å². The number of carbonyl (C=O) groups is 1. The topological polar surface area (TPSA) is 90.8 Å². The number of hydrogen-bond donors (Lipinski definition) is 4. The van der Waals surface area contributed by atoms with Crippen LogP contribution < -0.4 is 10.6 Å². The largest absolute Gasteiger partial charge is 0.444 e. The Hall–Kier alpha value is -0.850. The van der Waals surface area contributed by atoms with E-state index >= 15 is 0 Å². The molecule has 1 aliphatic rings. The van der Waals surface area contributed by atoms with Crippen LogP contribution in [0.1, 0.15) is 60.8 Å². The number of carbonyl (C=O) groups excluding carboxylic acids is 1. The molecule has 1 rings (SSSR count). The molecule has 6 heteroatoms. The van der Waals surface area contributed by atoms with Crippen LogP contribution in [0, 0.1) is 5.41 Å². The third kappa shape index (κ3) is 7.06. The molecule has 1 atom stereocenters. The molecule has 4 N–H and O–H groups in total. The zero-order valence-corrected chi connectivity index (χ0v) is 15.4. The van der Waals surface area contributed by atoms with E-state index in [2.05, 4.69) is 31.4 Å². The van der Waals surface area contributed by atoms with Gasteiger partial charge in [-0.15, -0.1) is 0 Å². The van der Waals surface area contributed by atoms with Crippen molar-refractivity contribution in [1.82, 2.24) is 10.6 Å². The lowest BCUT2D eigenvalue weighted by atomic mass is 9.72. The van der Waals surface area contributed by atoms with Gasteiger partial charge in [0, 0.05) is 12.1 Å². The first-order valence-electron chi connectivity index (χ1n) is 8.37. The summed E-state index contributed by atoms with van der Waals surface area (Å²) in [6.45, 7) is 11.8. The summed E-state index contributed by atoms with van der Waals surface area (Å²) in [4.78, 5) is 11.9. The first-order chi connectivity index (χ1) is 10.4. The molecule has 0 bridgehead atoms. The third-order valence-electron chi connectivity index (χ3n) is 3.89. The Morgan fingerprint density at radius 1 is 1.22 bits per heavy atom. The standard InChI is InChI=1S/C17H34N2O4/c1-15(2,3)7-13(10-20)18-12-8-17(9-12,11-21)19-14(22)23-16(4,5)6/h12-13,18,20-21H,7-11H2,1-6H3,(H,19,22)/t12?,13-,17?/m1/s1. The van der Waals surface area contributed by atoms with E-state index in [0.29, 0.717) is 12.8 Å². The summed E-state index contributed by atoms with van der Waals surface area (Å²) < 4.78 is 5.25. The Morgan fingerprint density at radius 3 is 2.17 bits per heavy atom. The Kier molecular flexibility index (Phi) is 6.47. The first kappa shape index (κ1) is 20.2. The molecule has 0 spiro atoms. The highest BCUT2D eigenvalue weighted by Gasteiger charge is 2.46. The highest BCUT2D eigenvalue weighted by molar-refractivity contribution is 5.69. The van der Waals surface area contributed by atoms with E-state index in [-0.39, 0.29) is 30.7 Å². The van der Waals surface area contributed by atoms with Gasteiger partial charge in [-0.05, 0) is 45.4 Å². The SMILES string of the molecule is CC(C)(C)C[C@H](CO)NC1CC(CO)(NC(=O)OC(C)(C)C)C1. The van der Waals surface area contributed by atoms with Crippen LogP contribution in [0.4, 0.5) is 4.79 Å². The lowest BCUT2D eigenvalue weighted by Gasteiger charge is -2.48. The quantitative estimate of drug-likeness (QED) is 0.596. The number of amides is 1. The molecule has 6 nitrogen and oxygen atoms in total. The van der Waals surface area contributed by atoms with Crippen LogP contribution in [0.3, 0.4) is 0 Å². The van der Waals surface area contributed by atoms with Crippen molar-refractivity contribution in [3.63, 3.8) is 0 Å². The van der Waals surface area contributed by atoms with Gasteiger partial charge >= 0.3 is 6.09 Å². The Balaban J connectivity index is 2.48.